The van der Waals surface area contributed by atoms with Gasteiger partial charge in [0.25, 0.3) is 17.5 Å². The highest BCUT2D eigenvalue weighted by molar-refractivity contribution is 7.90. The van der Waals surface area contributed by atoms with Crippen LogP contribution in [-0.2, 0) is 14.6 Å². The number of nitro benzene ring substituents is 1. The van der Waals surface area contributed by atoms with E-state index in [1.54, 1.807) is 0 Å². The summed E-state index contributed by atoms with van der Waals surface area (Å²) < 4.78 is 23.9. The van der Waals surface area contributed by atoms with Crippen molar-refractivity contribution in [3.05, 3.63) is 57.6 Å². The van der Waals surface area contributed by atoms with Crippen LogP contribution < -0.4 is 5.32 Å². The highest BCUT2D eigenvalue weighted by Gasteiger charge is 2.41. The molecule has 0 radical (unpaired) electrons. The number of amides is 3. The van der Waals surface area contributed by atoms with Crippen molar-refractivity contribution in [1.29, 1.82) is 0 Å². The Morgan fingerprint density at radius 3 is 2.65 bits per heavy atom. The number of nitrogens with one attached hydrogen (secondary N) is 1. The third-order valence-electron chi connectivity index (χ3n) is 4.51. The first-order valence-corrected chi connectivity index (χ1v) is 11.3. The molecule has 3 aromatic rings. The van der Waals surface area contributed by atoms with Crippen LogP contribution >= 0.6 is 11.3 Å². The minimum absolute atomic E-state index is 0.106. The Kier molecular flexibility index (Phi) is 4.78. The summed E-state index contributed by atoms with van der Waals surface area (Å²) in [5.41, 5.74) is -0.533. The summed E-state index contributed by atoms with van der Waals surface area (Å²) in [4.78, 5) is 52.7. The molecule has 0 saturated carbocycles. The minimum atomic E-state index is -3.41. The number of carbonyl (C=O) groups excluding carboxylic acids is 3. The lowest BCUT2D eigenvalue weighted by atomic mass is 10.1. The predicted molar refractivity (Wildman–Crippen MR) is 110 cm³/mol. The molecule has 11 nitrogen and oxygen atoms in total. The number of carbonyl (C=O) groups is 3. The first-order chi connectivity index (χ1) is 14.6. The molecule has 13 heteroatoms. The second kappa shape index (κ2) is 7.21. The number of aromatic nitrogens is 1. The molecule has 1 N–H and O–H groups in total. The number of benzene rings is 2. The SMILES string of the molecule is CS(=O)(=O)c1ccc2nc(NC(=O)CN3C(=O)c4cccc([N+](=O)[O-])c4C3=O)sc2c1. The van der Waals surface area contributed by atoms with Crippen LogP contribution in [0, 0.1) is 10.1 Å². The number of nitro groups is 1. The number of thiazole rings is 1. The predicted octanol–water partition coefficient (Wildman–Crippen LogP) is 1.84. The minimum Gasteiger partial charge on any atom is -0.300 e. The van der Waals surface area contributed by atoms with Gasteiger partial charge in [0, 0.05) is 12.3 Å². The number of rotatable bonds is 5. The van der Waals surface area contributed by atoms with E-state index in [1.807, 2.05) is 0 Å². The summed E-state index contributed by atoms with van der Waals surface area (Å²) in [7, 11) is -3.41. The maximum absolute atomic E-state index is 12.5. The van der Waals surface area contributed by atoms with Crippen molar-refractivity contribution in [1.82, 2.24) is 9.88 Å². The second-order valence-corrected chi connectivity index (χ2v) is 9.67. The lowest BCUT2D eigenvalue weighted by molar-refractivity contribution is -0.385. The molecule has 158 valence electrons. The molecule has 3 amide bonds. The summed E-state index contributed by atoms with van der Waals surface area (Å²) in [6.07, 6.45) is 1.07. The molecule has 2 aromatic carbocycles. The Labute approximate surface area is 178 Å². The van der Waals surface area contributed by atoms with Crippen molar-refractivity contribution in [3.8, 4) is 0 Å². The Bertz CT molecular complexity index is 1410. The number of nitrogens with zero attached hydrogens (tertiary/aromatic N) is 3. The molecule has 1 aliphatic heterocycles. The van der Waals surface area contributed by atoms with Gasteiger partial charge in [-0.25, -0.2) is 13.4 Å². The van der Waals surface area contributed by atoms with Crippen molar-refractivity contribution in [2.75, 3.05) is 18.1 Å². The molecule has 31 heavy (non-hydrogen) atoms. The second-order valence-electron chi connectivity index (χ2n) is 6.62. The molecule has 0 unspecified atom stereocenters. The molecule has 0 bridgehead atoms. The van der Waals surface area contributed by atoms with Gasteiger partial charge in [0.15, 0.2) is 15.0 Å². The number of fused-ring (bicyclic) bond motifs is 2. The molecular formula is C18H12N4O7S2. The Morgan fingerprint density at radius 1 is 1.23 bits per heavy atom. The molecule has 1 aromatic heterocycles. The van der Waals surface area contributed by atoms with Gasteiger partial charge >= 0.3 is 0 Å². The smallest absolute Gasteiger partial charge is 0.282 e. The standard InChI is InChI=1S/C18H12N4O7S2/c1-31(28,29)9-5-6-11-13(7-9)30-18(19-11)20-14(23)8-21-16(24)10-3-2-4-12(22(26)27)15(10)17(21)25/h2-7H,8H2,1H3,(H,19,20,23). The molecule has 4 rings (SSSR count). The Hall–Kier alpha value is -3.71. The van der Waals surface area contributed by atoms with Crippen LogP contribution in [0.2, 0.25) is 0 Å². The summed E-state index contributed by atoms with van der Waals surface area (Å²) in [5, 5.41) is 13.8. The van der Waals surface area contributed by atoms with Crippen LogP contribution in [0.5, 0.6) is 0 Å². The number of hydrogen-bond donors (Lipinski definition) is 1. The normalized spacial score (nSPS) is 13.5. The van der Waals surface area contributed by atoms with Crippen molar-refractivity contribution in [2.24, 2.45) is 0 Å². The summed E-state index contributed by atoms with van der Waals surface area (Å²) in [6.45, 7) is -0.659. The fourth-order valence-electron chi connectivity index (χ4n) is 3.10. The number of imide groups is 1. The van der Waals surface area contributed by atoms with E-state index in [1.165, 1.54) is 30.3 Å². The molecule has 0 saturated heterocycles. The monoisotopic (exact) mass is 460 g/mol. The van der Waals surface area contributed by atoms with E-state index >= 15 is 0 Å². The average Bonchev–Trinajstić information content (AvgIpc) is 3.20. The van der Waals surface area contributed by atoms with E-state index in [-0.39, 0.29) is 21.2 Å². The molecular weight excluding hydrogens is 448 g/mol. The topological polar surface area (TPSA) is 157 Å². The average molecular weight is 460 g/mol. The molecule has 0 spiro atoms. The van der Waals surface area contributed by atoms with Crippen LogP contribution in [0.15, 0.2) is 41.3 Å². The fraction of sp³-hybridized carbons (Fsp3) is 0.111. The molecule has 0 aliphatic carbocycles. The van der Waals surface area contributed by atoms with Gasteiger partial charge in [-0.2, -0.15) is 0 Å². The van der Waals surface area contributed by atoms with Gasteiger partial charge < -0.3 is 5.32 Å². The van der Waals surface area contributed by atoms with Gasteiger partial charge in [0.05, 0.1) is 25.6 Å². The van der Waals surface area contributed by atoms with Crippen molar-refractivity contribution in [2.45, 2.75) is 4.90 Å². The first-order valence-electron chi connectivity index (χ1n) is 8.60. The maximum Gasteiger partial charge on any atom is 0.282 e. The lowest BCUT2D eigenvalue weighted by Gasteiger charge is -2.12. The van der Waals surface area contributed by atoms with Crippen LogP contribution in [0.1, 0.15) is 20.7 Å². The fourth-order valence-corrected chi connectivity index (χ4v) is 4.75. The van der Waals surface area contributed by atoms with Crippen molar-refractivity contribution >= 4 is 59.9 Å². The molecule has 0 fully saturated rings. The number of sulfone groups is 1. The van der Waals surface area contributed by atoms with Crippen LogP contribution in [0.4, 0.5) is 10.8 Å². The van der Waals surface area contributed by atoms with Gasteiger partial charge in [-0.05, 0) is 24.3 Å². The highest BCUT2D eigenvalue weighted by atomic mass is 32.2. The van der Waals surface area contributed by atoms with Gasteiger partial charge in [0.1, 0.15) is 12.1 Å². The maximum atomic E-state index is 12.5. The van der Waals surface area contributed by atoms with Gasteiger partial charge in [-0.1, -0.05) is 17.4 Å². The molecule has 2 heterocycles. The van der Waals surface area contributed by atoms with E-state index in [9.17, 15) is 32.9 Å². The van der Waals surface area contributed by atoms with E-state index < -0.39 is 44.7 Å². The largest absolute Gasteiger partial charge is 0.300 e. The van der Waals surface area contributed by atoms with Gasteiger partial charge in [0.2, 0.25) is 5.91 Å². The zero-order valence-corrected chi connectivity index (χ0v) is 17.3. The zero-order valence-electron chi connectivity index (χ0n) is 15.7. The van der Waals surface area contributed by atoms with Gasteiger partial charge in [-0.3, -0.25) is 29.4 Å². The molecule has 0 atom stereocenters. The van der Waals surface area contributed by atoms with E-state index in [2.05, 4.69) is 10.3 Å². The van der Waals surface area contributed by atoms with Crippen LogP contribution in [0.25, 0.3) is 10.2 Å². The van der Waals surface area contributed by atoms with Gasteiger partial charge in [-0.15, -0.1) is 0 Å². The number of hydrogen-bond acceptors (Lipinski definition) is 9. The van der Waals surface area contributed by atoms with E-state index in [4.69, 9.17) is 0 Å². The Balaban J connectivity index is 1.54. The zero-order chi connectivity index (χ0) is 22.5. The third-order valence-corrected chi connectivity index (χ3v) is 6.55. The van der Waals surface area contributed by atoms with E-state index in [0.717, 1.165) is 23.7 Å². The summed E-state index contributed by atoms with van der Waals surface area (Å²) in [5.74, 6) is -2.47. The highest BCUT2D eigenvalue weighted by Crippen LogP contribution is 2.31. The van der Waals surface area contributed by atoms with Crippen molar-refractivity contribution in [3.63, 3.8) is 0 Å². The van der Waals surface area contributed by atoms with Crippen LogP contribution in [-0.4, -0.2) is 53.7 Å². The van der Waals surface area contributed by atoms with Crippen molar-refractivity contribution < 1.29 is 27.7 Å². The number of anilines is 1. The summed E-state index contributed by atoms with van der Waals surface area (Å²) >= 11 is 1.02. The van der Waals surface area contributed by atoms with Crippen LogP contribution in [0.3, 0.4) is 0 Å². The van der Waals surface area contributed by atoms with E-state index in [0.29, 0.717) is 15.1 Å². The Morgan fingerprint density at radius 2 is 1.97 bits per heavy atom. The lowest BCUT2D eigenvalue weighted by Crippen LogP contribution is -2.37. The summed E-state index contributed by atoms with van der Waals surface area (Å²) in [6, 6.07) is 8.02. The third kappa shape index (κ3) is 3.64. The quantitative estimate of drug-likeness (QED) is 0.343. The molecule has 1 aliphatic rings. The first kappa shape index (κ1) is 20.6.